The van der Waals surface area contributed by atoms with Crippen LogP contribution in [0.1, 0.15) is 18.4 Å². The van der Waals surface area contributed by atoms with Gasteiger partial charge in [-0.1, -0.05) is 15.9 Å². The summed E-state index contributed by atoms with van der Waals surface area (Å²) in [7, 11) is 1.56. The number of methoxy groups -OCH3 is 1. The standard InChI is InChI=1S/C16H19BrN2O4/c1-23-6-2-3-15(20)19-14(16(21)22)7-10-9-18-13-5-4-11(17)8-12(10)13/h4-5,8-9,14,18H,2-3,6-7H2,1H3,(H,19,20)(H,21,22). The molecule has 1 aromatic carbocycles. The minimum Gasteiger partial charge on any atom is -0.480 e. The summed E-state index contributed by atoms with van der Waals surface area (Å²) in [5, 5.41) is 12.9. The third-order valence-electron chi connectivity index (χ3n) is 3.54. The number of hydrogen-bond acceptors (Lipinski definition) is 3. The van der Waals surface area contributed by atoms with E-state index in [9.17, 15) is 14.7 Å². The third kappa shape index (κ3) is 4.80. The molecule has 1 aromatic heterocycles. The van der Waals surface area contributed by atoms with Crippen molar-refractivity contribution in [2.24, 2.45) is 0 Å². The molecule has 0 fully saturated rings. The Balaban J connectivity index is 2.07. The van der Waals surface area contributed by atoms with Crippen molar-refractivity contribution in [3.05, 3.63) is 34.4 Å². The summed E-state index contributed by atoms with van der Waals surface area (Å²) in [6, 6.07) is 4.81. The molecule has 124 valence electrons. The second-order valence-electron chi connectivity index (χ2n) is 5.26. The van der Waals surface area contributed by atoms with Crippen molar-refractivity contribution in [3.8, 4) is 0 Å². The molecule has 0 aliphatic heterocycles. The summed E-state index contributed by atoms with van der Waals surface area (Å²) in [6.45, 7) is 0.474. The molecule has 3 N–H and O–H groups in total. The molecule has 7 heteroatoms. The Labute approximate surface area is 142 Å². The van der Waals surface area contributed by atoms with E-state index in [1.54, 1.807) is 13.3 Å². The Hall–Kier alpha value is -1.86. The van der Waals surface area contributed by atoms with Gasteiger partial charge in [-0.05, 0) is 30.2 Å². The number of amides is 1. The average Bonchev–Trinajstić information content (AvgIpc) is 2.89. The van der Waals surface area contributed by atoms with Crippen LogP contribution >= 0.6 is 15.9 Å². The number of halogens is 1. The number of nitrogens with one attached hydrogen (secondary N) is 2. The number of fused-ring (bicyclic) bond motifs is 1. The van der Waals surface area contributed by atoms with Crippen LogP contribution in [0, 0.1) is 0 Å². The summed E-state index contributed by atoms with van der Waals surface area (Å²) in [6.07, 6.45) is 2.82. The van der Waals surface area contributed by atoms with Crippen molar-refractivity contribution in [2.45, 2.75) is 25.3 Å². The van der Waals surface area contributed by atoms with Gasteiger partial charge < -0.3 is 20.1 Å². The molecule has 0 aliphatic rings. The van der Waals surface area contributed by atoms with Crippen LogP contribution in [-0.2, 0) is 20.7 Å². The van der Waals surface area contributed by atoms with Gasteiger partial charge in [0.2, 0.25) is 5.91 Å². The van der Waals surface area contributed by atoms with Gasteiger partial charge in [-0.3, -0.25) is 4.79 Å². The summed E-state index contributed by atoms with van der Waals surface area (Å²) in [4.78, 5) is 26.4. The molecule has 1 atom stereocenters. The molecule has 1 amide bonds. The maximum Gasteiger partial charge on any atom is 0.326 e. The Bertz CT molecular complexity index is 698. The van der Waals surface area contributed by atoms with Crippen LogP contribution in [0.25, 0.3) is 10.9 Å². The zero-order valence-electron chi connectivity index (χ0n) is 12.8. The van der Waals surface area contributed by atoms with E-state index in [0.29, 0.717) is 13.0 Å². The Morgan fingerprint density at radius 3 is 2.91 bits per heavy atom. The maximum atomic E-state index is 11.8. The number of aliphatic carboxylic acids is 1. The maximum absolute atomic E-state index is 11.8. The van der Waals surface area contributed by atoms with Crippen LogP contribution < -0.4 is 5.32 Å². The smallest absolute Gasteiger partial charge is 0.326 e. The zero-order chi connectivity index (χ0) is 16.8. The largest absolute Gasteiger partial charge is 0.480 e. The lowest BCUT2D eigenvalue weighted by Gasteiger charge is -2.14. The Morgan fingerprint density at radius 2 is 2.22 bits per heavy atom. The fourth-order valence-electron chi connectivity index (χ4n) is 2.38. The molecule has 0 aliphatic carbocycles. The minimum absolute atomic E-state index is 0.224. The number of ether oxygens (including phenoxy) is 1. The van der Waals surface area contributed by atoms with Crippen LogP contribution in [-0.4, -0.2) is 41.7 Å². The first-order valence-electron chi connectivity index (χ1n) is 7.28. The molecule has 2 aromatic rings. The van der Waals surface area contributed by atoms with Gasteiger partial charge in [-0.2, -0.15) is 0 Å². The average molecular weight is 383 g/mol. The quantitative estimate of drug-likeness (QED) is 0.611. The van der Waals surface area contributed by atoms with Crippen molar-refractivity contribution in [1.29, 1.82) is 0 Å². The van der Waals surface area contributed by atoms with Crippen LogP contribution in [0.4, 0.5) is 0 Å². The molecular weight excluding hydrogens is 364 g/mol. The zero-order valence-corrected chi connectivity index (χ0v) is 14.4. The van der Waals surface area contributed by atoms with Gasteiger partial charge in [-0.15, -0.1) is 0 Å². The van der Waals surface area contributed by atoms with E-state index in [2.05, 4.69) is 26.2 Å². The fourth-order valence-corrected chi connectivity index (χ4v) is 2.74. The number of aromatic nitrogens is 1. The molecule has 0 saturated carbocycles. The second-order valence-corrected chi connectivity index (χ2v) is 6.18. The van der Waals surface area contributed by atoms with E-state index in [4.69, 9.17) is 4.74 Å². The summed E-state index contributed by atoms with van der Waals surface area (Å²) >= 11 is 3.41. The number of H-pyrrole nitrogens is 1. The number of carbonyl (C=O) groups is 2. The van der Waals surface area contributed by atoms with Gasteiger partial charge in [0.05, 0.1) is 0 Å². The van der Waals surface area contributed by atoms with Crippen molar-refractivity contribution < 1.29 is 19.4 Å². The number of hydrogen-bond donors (Lipinski definition) is 3. The van der Waals surface area contributed by atoms with Crippen molar-refractivity contribution in [1.82, 2.24) is 10.3 Å². The lowest BCUT2D eigenvalue weighted by molar-refractivity contribution is -0.141. The summed E-state index contributed by atoms with van der Waals surface area (Å²) < 4.78 is 5.80. The molecule has 1 heterocycles. The lowest BCUT2D eigenvalue weighted by Crippen LogP contribution is -2.42. The van der Waals surface area contributed by atoms with Gasteiger partial charge >= 0.3 is 5.97 Å². The van der Waals surface area contributed by atoms with E-state index >= 15 is 0 Å². The molecule has 2 rings (SSSR count). The van der Waals surface area contributed by atoms with E-state index in [-0.39, 0.29) is 18.7 Å². The molecule has 6 nitrogen and oxygen atoms in total. The van der Waals surface area contributed by atoms with Crippen LogP contribution in [0.5, 0.6) is 0 Å². The van der Waals surface area contributed by atoms with Gasteiger partial charge in [0.15, 0.2) is 0 Å². The highest BCUT2D eigenvalue weighted by Gasteiger charge is 2.21. The minimum atomic E-state index is -1.05. The Kier molecular flexibility index (Phi) is 6.18. The number of carboxylic acids is 1. The SMILES string of the molecule is COCCCC(=O)NC(Cc1c[nH]c2ccc(Br)cc12)C(=O)O. The second kappa shape index (κ2) is 8.12. The Morgan fingerprint density at radius 1 is 1.43 bits per heavy atom. The van der Waals surface area contributed by atoms with Gasteiger partial charge in [-0.25, -0.2) is 4.79 Å². The fraction of sp³-hybridized carbons (Fsp3) is 0.375. The number of aromatic amines is 1. The van der Waals surface area contributed by atoms with E-state index < -0.39 is 12.0 Å². The predicted molar refractivity (Wildman–Crippen MR) is 90.4 cm³/mol. The molecular formula is C16H19BrN2O4. The van der Waals surface area contributed by atoms with E-state index in [1.165, 1.54) is 0 Å². The highest BCUT2D eigenvalue weighted by molar-refractivity contribution is 9.10. The van der Waals surface area contributed by atoms with Crippen LogP contribution in [0.3, 0.4) is 0 Å². The normalized spacial score (nSPS) is 12.3. The highest BCUT2D eigenvalue weighted by Crippen LogP contribution is 2.23. The highest BCUT2D eigenvalue weighted by atomic mass is 79.9. The van der Waals surface area contributed by atoms with Crippen molar-refractivity contribution in [2.75, 3.05) is 13.7 Å². The molecule has 23 heavy (non-hydrogen) atoms. The monoisotopic (exact) mass is 382 g/mol. The van der Waals surface area contributed by atoms with Crippen molar-refractivity contribution in [3.63, 3.8) is 0 Å². The molecule has 1 unspecified atom stereocenters. The third-order valence-corrected chi connectivity index (χ3v) is 4.03. The molecule has 0 saturated heterocycles. The summed E-state index contributed by atoms with van der Waals surface area (Å²) in [5.41, 5.74) is 1.78. The van der Waals surface area contributed by atoms with Gasteiger partial charge in [0.25, 0.3) is 0 Å². The van der Waals surface area contributed by atoms with Crippen LogP contribution in [0.2, 0.25) is 0 Å². The number of carbonyl (C=O) groups excluding carboxylic acids is 1. The van der Waals surface area contributed by atoms with Gasteiger partial charge in [0, 0.05) is 48.1 Å². The van der Waals surface area contributed by atoms with Crippen LogP contribution in [0.15, 0.2) is 28.9 Å². The summed E-state index contributed by atoms with van der Waals surface area (Å²) in [5.74, 6) is -1.33. The lowest BCUT2D eigenvalue weighted by atomic mass is 10.0. The molecule has 0 radical (unpaired) electrons. The topological polar surface area (TPSA) is 91.4 Å². The number of carboxylic acid groups (broad SMARTS) is 1. The first-order valence-corrected chi connectivity index (χ1v) is 8.07. The van der Waals surface area contributed by atoms with E-state index in [0.717, 1.165) is 20.9 Å². The van der Waals surface area contributed by atoms with E-state index in [1.807, 2.05) is 18.2 Å². The first kappa shape index (κ1) is 17.5. The first-order chi connectivity index (χ1) is 11.0. The number of benzene rings is 1. The molecule has 0 spiro atoms. The van der Waals surface area contributed by atoms with Crippen molar-refractivity contribution >= 4 is 38.7 Å². The number of rotatable bonds is 8. The predicted octanol–water partition coefficient (Wildman–Crippen LogP) is 2.47. The van der Waals surface area contributed by atoms with Gasteiger partial charge in [0.1, 0.15) is 6.04 Å². The molecule has 0 bridgehead atoms.